The molecule has 0 aliphatic carbocycles. The van der Waals surface area contributed by atoms with Crippen LogP contribution < -0.4 is 5.32 Å². The first kappa shape index (κ1) is 20.8. The molecule has 0 unspecified atom stereocenters. The van der Waals surface area contributed by atoms with E-state index in [0.717, 1.165) is 22.4 Å². The van der Waals surface area contributed by atoms with Crippen molar-refractivity contribution in [3.05, 3.63) is 71.0 Å². The SMILES string of the molecule is Cc1ccccc1C1=NO[C@H](CN(Cc2cccc(F)c2)C(=O)NC(C)(C)C)C1. The van der Waals surface area contributed by atoms with Crippen LogP contribution in [0.1, 0.15) is 43.9 Å². The monoisotopic (exact) mass is 397 g/mol. The van der Waals surface area contributed by atoms with Crippen LogP contribution in [0.25, 0.3) is 0 Å². The molecule has 0 saturated heterocycles. The molecule has 5 nitrogen and oxygen atoms in total. The maximum absolute atomic E-state index is 13.6. The number of benzene rings is 2. The standard InChI is InChI=1S/C23H28FN3O2/c1-16-8-5-6-11-20(16)21-13-19(29-26-21)15-27(22(28)25-23(2,3)4)14-17-9-7-10-18(24)12-17/h5-12,19H,13-15H2,1-4H3,(H,25,28)/t19-/m0/s1. The summed E-state index contributed by atoms with van der Waals surface area (Å²) < 4.78 is 13.6. The van der Waals surface area contributed by atoms with E-state index in [1.165, 1.54) is 12.1 Å². The van der Waals surface area contributed by atoms with Gasteiger partial charge in [0.2, 0.25) is 0 Å². The van der Waals surface area contributed by atoms with Crippen molar-refractivity contribution in [3.63, 3.8) is 0 Å². The summed E-state index contributed by atoms with van der Waals surface area (Å²) in [7, 11) is 0. The predicted octanol–water partition coefficient (Wildman–Crippen LogP) is 4.64. The van der Waals surface area contributed by atoms with E-state index < -0.39 is 0 Å². The Kier molecular flexibility index (Phi) is 6.20. The van der Waals surface area contributed by atoms with E-state index in [1.54, 1.807) is 11.0 Å². The molecule has 2 aromatic carbocycles. The van der Waals surface area contributed by atoms with Crippen LogP contribution in [-0.2, 0) is 11.4 Å². The highest BCUT2D eigenvalue weighted by Gasteiger charge is 2.28. The Morgan fingerprint density at radius 3 is 2.69 bits per heavy atom. The van der Waals surface area contributed by atoms with Crippen molar-refractivity contribution < 1.29 is 14.0 Å². The van der Waals surface area contributed by atoms with E-state index in [-0.39, 0.29) is 23.5 Å². The molecule has 0 radical (unpaired) electrons. The fraction of sp³-hybridized carbons (Fsp3) is 0.391. The van der Waals surface area contributed by atoms with E-state index in [1.807, 2.05) is 58.0 Å². The second-order valence-electron chi connectivity index (χ2n) is 8.48. The first-order valence-corrected chi connectivity index (χ1v) is 9.81. The molecule has 0 bridgehead atoms. The zero-order valence-corrected chi connectivity index (χ0v) is 17.4. The lowest BCUT2D eigenvalue weighted by Crippen LogP contribution is -2.50. The smallest absolute Gasteiger partial charge is 0.318 e. The van der Waals surface area contributed by atoms with Crippen LogP contribution in [0.4, 0.5) is 9.18 Å². The molecule has 1 N–H and O–H groups in total. The number of hydrogen-bond donors (Lipinski definition) is 1. The molecule has 2 aromatic rings. The van der Waals surface area contributed by atoms with Gasteiger partial charge in [-0.15, -0.1) is 0 Å². The Balaban J connectivity index is 1.71. The number of carbonyl (C=O) groups is 1. The Hall–Kier alpha value is -2.89. The zero-order valence-electron chi connectivity index (χ0n) is 17.4. The number of amides is 2. The Morgan fingerprint density at radius 2 is 2.00 bits per heavy atom. The van der Waals surface area contributed by atoms with Crippen LogP contribution in [0, 0.1) is 12.7 Å². The predicted molar refractivity (Wildman–Crippen MR) is 112 cm³/mol. The Labute approximate surface area is 171 Å². The number of rotatable bonds is 5. The summed E-state index contributed by atoms with van der Waals surface area (Å²) in [5, 5.41) is 7.23. The molecule has 29 heavy (non-hydrogen) atoms. The van der Waals surface area contributed by atoms with Crippen molar-refractivity contribution in [3.8, 4) is 0 Å². The van der Waals surface area contributed by atoms with Crippen molar-refractivity contribution in [2.45, 2.75) is 52.3 Å². The molecule has 154 valence electrons. The molecule has 6 heteroatoms. The van der Waals surface area contributed by atoms with Gasteiger partial charge in [-0.2, -0.15) is 0 Å². The highest BCUT2D eigenvalue weighted by atomic mass is 19.1. The van der Waals surface area contributed by atoms with Crippen LogP contribution in [0.2, 0.25) is 0 Å². The largest absolute Gasteiger partial charge is 0.390 e. The van der Waals surface area contributed by atoms with Crippen molar-refractivity contribution >= 4 is 11.7 Å². The molecule has 0 saturated carbocycles. The lowest BCUT2D eigenvalue weighted by atomic mass is 10.0. The highest BCUT2D eigenvalue weighted by Crippen LogP contribution is 2.21. The summed E-state index contributed by atoms with van der Waals surface area (Å²) in [6.45, 7) is 8.47. The van der Waals surface area contributed by atoms with E-state index in [0.29, 0.717) is 19.5 Å². The normalized spacial score (nSPS) is 16.2. The summed E-state index contributed by atoms with van der Waals surface area (Å²) in [6.07, 6.45) is 0.372. The maximum Gasteiger partial charge on any atom is 0.318 e. The summed E-state index contributed by atoms with van der Waals surface area (Å²) >= 11 is 0. The van der Waals surface area contributed by atoms with Crippen molar-refractivity contribution in [1.82, 2.24) is 10.2 Å². The first-order chi connectivity index (χ1) is 13.7. The van der Waals surface area contributed by atoms with Gasteiger partial charge in [-0.3, -0.25) is 0 Å². The molecular weight excluding hydrogens is 369 g/mol. The number of nitrogens with one attached hydrogen (secondary N) is 1. The van der Waals surface area contributed by atoms with Crippen molar-refractivity contribution in [1.29, 1.82) is 0 Å². The van der Waals surface area contributed by atoms with Crippen LogP contribution in [0.5, 0.6) is 0 Å². The molecule has 2 amide bonds. The van der Waals surface area contributed by atoms with Crippen LogP contribution in [0.15, 0.2) is 53.7 Å². The van der Waals surface area contributed by atoms with E-state index >= 15 is 0 Å². The molecule has 1 atom stereocenters. The quantitative estimate of drug-likeness (QED) is 0.799. The third-order valence-corrected chi connectivity index (χ3v) is 4.64. The molecule has 0 aromatic heterocycles. The lowest BCUT2D eigenvalue weighted by molar-refractivity contribution is 0.0580. The minimum absolute atomic E-state index is 0.213. The first-order valence-electron chi connectivity index (χ1n) is 9.81. The summed E-state index contributed by atoms with van der Waals surface area (Å²) in [5.41, 5.74) is 3.43. The Morgan fingerprint density at radius 1 is 1.24 bits per heavy atom. The summed E-state index contributed by atoms with van der Waals surface area (Å²) in [5.74, 6) is -0.319. The Bertz CT molecular complexity index is 905. The van der Waals surface area contributed by atoms with Gasteiger partial charge in [-0.25, -0.2) is 9.18 Å². The number of nitrogens with zero attached hydrogens (tertiary/aromatic N) is 2. The van der Waals surface area contributed by atoms with Gasteiger partial charge in [-0.05, 0) is 51.0 Å². The third kappa shape index (κ3) is 5.79. The van der Waals surface area contributed by atoms with Crippen molar-refractivity contribution in [2.24, 2.45) is 5.16 Å². The minimum atomic E-state index is -0.378. The molecule has 3 rings (SSSR count). The molecule has 1 aliphatic rings. The van der Waals surface area contributed by atoms with Gasteiger partial charge in [0.05, 0.1) is 12.3 Å². The van der Waals surface area contributed by atoms with Crippen LogP contribution in [0.3, 0.4) is 0 Å². The number of aryl methyl sites for hydroxylation is 1. The molecule has 1 aliphatic heterocycles. The van der Waals surface area contributed by atoms with Gasteiger partial charge in [0.25, 0.3) is 0 Å². The second kappa shape index (κ2) is 8.64. The number of carbonyl (C=O) groups excluding carboxylic acids is 1. The molecule has 0 spiro atoms. The molecule has 0 fully saturated rings. The van der Waals surface area contributed by atoms with E-state index in [4.69, 9.17) is 4.84 Å². The van der Waals surface area contributed by atoms with Gasteiger partial charge in [-0.1, -0.05) is 41.6 Å². The summed E-state index contributed by atoms with van der Waals surface area (Å²) in [6, 6.07) is 14.1. The average Bonchev–Trinajstić information content (AvgIpc) is 3.08. The van der Waals surface area contributed by atoms with Crippen molar-refractivity contribution in [2.75, 3.05) is 6.54 Å². The maximum atomic E-state index is 13.6. The van der Waals surface area contributed by atoms with E-state index in [9.17, 15) is 9.18 Å². The van der Waals surface area contributed by atoms with Crippen LogP contribution in [-0.4, -0.2) is 34.8 Å². The van der Waals surface area contributed by atoms with Gasteiger partial charge in [0.1, 0.15) is 5.82 Å². The van der Waals surface area contributed by atoms with Gasteiger partial charge >= 0.3 is 6.03 Å². The van der Waals surface area contributed by atoms with Gasteiger partial charge in [0.15, 0.2) is 6.10 Å². The number of halogens is 1. The second-order valence-corrected chi connectivity index (χ2v) is 8.48. The lowest BCUT2D eigenvalue weighted by Gasteiger charge is -2.29. The van der Waals surface area contributed by atoms with Crippen LogP contribution >= 0.6 is 0 Å². The van der Waals surface area contributed by atoms with Gasteiger partial charge in [0, 0.05) is 24.1 Å². The average molecular weight is 397 g/mol. The zero-order chi connectivity index (χ0) is 21.0. The fourth-order valence-electron chi connectivity index (χ4n) is 3.30. The number of hydrogen-bond acceptors (Lipinski definition) is 3. The number of urea groups is 1. The third-order valence-electron chi connectivity index (χ3n) is 4.64. The van der Waals surface area contributed by atoms with E-state index in [2.05, 4.69) is 10.5 Å². The van der Waals surface area contributed by atoms with Gasteiger partial charge < -0.3 is 15.1 Å². The topological polar surface area (TPSA) is 53.9 Å². The number of oxime groups is 1. The minimum Gasteiger partial charge on any atom is -0.390 e. The summed E-state index contributed by atoms with van der Waals surface area (Å²) in [4.78, 5) is 20.2. The fourth-order valence-corrected chi connectivity index (χ4v) is 3.30. The highest BCUT2D eigenvalue weighted by molar-refractivity contribution is 6.02. The molecule has 1 heterocycles. The molecular formula is C23H28FN3O2.